The Bertz CT molecular complexity index is 624. The molecule has 26 heavy (non-hydrogen) atoms. The maximum Gasteiger partial charge on any atom is 0.227 e. The second-order valence-corrected chi connectivity index (χ2v) is 8.46. The molecule has 0 aliphatic carbocycles. The molecule has 6 heteroatoms. The number of aromatic nitrogens is 2. The Hall–Kier alpha value is -1.07. The van der Waals surface area contributed by atoms with Crippen LogP contribution in [0.15, 0.2) is 0 Å². The number of rotatable bonds is 6. The zero-order valence-electron chi connectivity index (χ0n) is 16.5. The van der Waals surface area contributed by atoms with Gasteiger partial charge in [0.05, 0.1) is 28.9 Å². The summed E-state index contributed by atoms with van der Waals surface area (Å²) in [5, 5.41) is 5.21. The number of hydrogen-bond acceptors (Lipinski definition) is 3. The fourth-order valence-corrected chi connectivity index (χ4v) is 4.54. The third-order valence-electron chi connectivity index (χ3n) is 6.05. The van der Waals surface area contributed by atoms with Crippen LogP contribution in [0, 0.1) is 19.8 Å². The topological polar surface area (TPSA) is 41.4 Å². The van der Waals surface area contributed by atoms with Crippen LogP contribution in [0.3, 0.4) is 0 Å². The first-order valence-corrected chi connectivity index (χ1v) is 10.6. The van der Waals surface area contributed by atoms with E-state index in [9.17, 15) is 4.79 Å². The van der Waals surface area contributed by atoms with Crippen molar-refractivity contribution in [1.82, 2.24) is 19.6 Å². The highest BCUT2D eigenvalue weighted by molar-refractivity contribution is 6.31. The molecule has 0 radical (unpaired) electrons. The van der Waals surface area contributed by atoms with Crippen molar-refractivity contribution in [3.63, 3.8) is 0 Å². The van der Waals surface area contributed by atoms with Gasteiger partial charge in [-0.15, -0.1) is 0 Å². The van der Waals surface area contributed by atoms with E-state index in [1.54, 1.807) is 0 Å². The van der Waals surface area contributed by atoms with E-state index in [2.05, 4.69) is 14.9 Å². The molecule has 5 nitrogen and oxygen atoms in total. The van der Waals surface area contributed by atoms with Crippen LogP contribution in [0.4, 0.5) is 0 Å². The van der Waals surface area contributed by atoms with Gasteiger partial charge in [0.1, 0.15) is 0 Å². The Kier molecular flexibility index (Phi) is 6.62. The summed E-state index contributed by atoms with van der Waals surface area (Å²) in [6, 6.07) is 0.406. The summed E-state index contributed by atoms with van der Waals surface area (Å²) in [4.78, 5) is 17.9. The summed E-state index contributed by atoms with van der Waals surface area (Å²) < 4.78 is 1.89. The summed E-state index contributed by atoms with van der Waals surface area (Å²) in [6.45, 7) is 11.0. The van der Waals surface area contributed by atoms with Gasteiger partial charge in [-0.1, -0.05) is 18.5 Å². The smallest absolute Gasteiger partial charge is 0.227 e. The average molecular weight is 381 g/mol. The van der Waals surface area contributed by atoms with E-state index in [0.29, 0.717) is 17.6 Å². The van der Waals surface area contributed by atoms with Crippen molar-refractivity contribution in [2.45, 2.75) is 71.9 Å². The fourth-order valence-electron chi connectivity index (χ4n) is 4.40. The molecule has 1 aromatic heterocycles. The molecule has 2 fully saturated rings. The summed E-state index contributed by atoms with van der Waals surface area (Å²) in [6.07, 6.45) is 7.30. The molecule has 2 saturated heterocycles. The van der Waals surface area contributed by atoms with E-state index in [-0.39, 0.29) is 11.8 Å². The highest BCUT2D eigenvalue weighted by Crippen LogP contribution is 2.25. The van der Waals surface area contributed by atoms with Gasteiger partial charge < -0.3 is 9.80 Å². The van der Waals surface area contributed by atoms with Crippen molar-refractivity contribution in [2.75, 3.05) is 26.2 Å². The Morgan fingerprint density at radius 3 is 2.54 bits per heavy atom. The minimum atomic E-state index is -0.0727. The SMILES string of the molecule is Cc1nn(C[C@H](C)C(=O)N2CCCC[C@H]2CCN2CCCC2)c(C)c1Cl. The van der Waals surface area contributed by atoms with Crippen molar-refractivity contribution in [1.29, 1.82) is 0 Å². The van der Waals surface area contributed by atoms with Gasteiger partial charge in [0.2, 0.25) is 5.91 Å². The first kappa shape index (κ1) is 19.7. The number of likely N-dealkylation sites (tertiary alicyclic amines) is 2. The van der Waals surface area contributed by atoms with Crippen LogP contribution in [-0.2, 0) is 11.3 Å². The van der Waals surface area contributed by atoms with Crippen molar-refractivity contribution < 1.29 is 4.79 Å². The van der Waals surface area contributed by atoms with Gasteiger partial charge in [0, 0.05) is 19.1 Å². The standard InChI is InChI=1S/C20H33ClN4O/c1-15(14-25-17(3)19(21)16(2)22-25)20(26)24-12-5-4-8-18(24)9-13-23-10-6-7-11-23/h15,18H,4-14H2,1-3H3/t15-,18-/m0/s1. The minimum absolute atomic E-state index is 0.0727. The molecule has 0 spiro atoms. The number of aryl methyl sites for hydroxylation is 1. The van der Waals surface area contributed by atoms with Crippen molar-refractivity contribution >= 4 is 17.5 Å². The Balaban J connectivity index is 1.60. The van der Waals surface area contributed by atoms with E-state index in [4.69, 9.17) is 11.6 Å². The molecule has 0 saturated carbocycles. The molecule has 1 amide bonds. The summed E-state index contributed by atoms with van der Waals surface area (Å²) in [5.41, 5.74) is 1.79. The van der Waals surface area contributed by atoms with Gasteiger partial charge in [-0.25, -0.2) is 0 Å². The lowest BCUT2D eigenvalue weighted by atomic mass is 9.97. The van der Waals surface area contributed by atoms with Crippen LogP contribution in [0.25, 0.3) is 0 Å². The summed E-state index contributed by atoms with van der Waals surface area (Å²) >= 11 is 6.25. The third-order valence-corrected chi connectivity index (χ3v) is 6.60. The molecule has 0 bridgehead atoms. The largest absolute Gasteiger partial charge is 0.339 e. The number of piperidine rings is 1. The lowest BCUT2D eigenvalue weighted by Gasteiger charge is -2.38. The zero-order valence-corrected chi connectivity index (χ0v) is 17.3. The van der Waals surface area contributed by atoms with Crippen LogP contribution >= 0.6 is 11.6 Å². The molecule has 3 rings (SSSR count). The molecule has 0 N–H and O–H groups in total. The van der Waals surface area contributed by atoms with E-state index in [1.807, 2.05) is 25.5 Å². The molecule has 2 aliphatic heterocycles. The molecule has 0 aromatic carbocycles. The van der Waals surface area contributed by atoms with Crippen molar-refractivity contribution in [2.24, 2.45) is 5.92 Å². The van der Waals surface area contributed by atoms with Crippen LogP contribution < -0.4 is 0 Å². The van der Waals surface area contributed by atoms with Gasteiger partial charge in [0.25, 0.3) is 0 Å². The normalized spacial score (nSPS) is 22.8. The number of carbonyl (C=O) groups is 1. The van der Waals surface area contributed by atoms with Gasteiger partial charge >= 0.3 is 0 Å². The number of hydrogen-bond donors (Lipinski definition) is 0. The van der Waals surface area contributed by atoms with Gasteiger partial charge in [-0.3, -0.25) is 9.48 Å². The lowest BCUT2D eigenvalue weighted by molar-refractivity contribution is -0.139. The Labute approximate surface area is 162 Å². The first-order valence-electron chi connectivity index (χ1n) is 10.2. The van der Waals surface area contributed by atoms with Crippen LogP contribution in [0.2, 0.25) is 5.02 Å². The predicted octanol–water partition coefficient (Wildman–Crippen LogP) is 3.66. The van der Waals surface area contributed by atoms with Crippen molar-refractivity contribution in [3.05, 3.63) is 16.4 Å². The van der Waals surface area contributed by atoms with E-state index in [1.165, 1.54) is 32.4 Å². The second kappa shape index (κ2) is 8.75. The highest BCUT2D eigenvalue weighted by atomic mass is 35.5. The fraction of sp³-hybridized carbons (Fsp3) is 0.800. The van der Waals surface area contributed by atoms with Gasteiger partial charge in [-0.05, 0) is 65.5 Å². The molecule has 2 atom stereocenters. The molecule has 146 valence electrons. The number of nitrogens with zero attached hydrogens (tertiary/aromatic N) is 4. The van der Waals surface area contributed by atoms with Gasteiger partial charge in [-0.2, -0.15) is 5.10 Å². The molecule has 0 unspecified atom stereocenters. The summed E-state index contributed by atoms with van der Waals surface area (Å²) in [7, 11) is 0. The lowest BCUT2D eigenvalue weighted by Crippen LogP contribution is -2.47. The molecule has 2 aliphatic rings. The Morgan fingerprint density at radius 1 is 1.19 bits per heavy atom. The van der Waals surface area contributed by atoms with E-state index in [0.717, 1.165) is 43.7 Å². The molecule has 3 heterocycles. The Morgan fingerprint density at radius 2 is 1.88 bits per heavy atom. The molecular weight excluding hydrogens is 348 g/mol. The monoisotopic (exact) mass is 380 g/mol. The van der Waals surface area contributed by atoms with E-state index < -0.39 is 0 Å². The predicted molar refractivity (Wildman–Crippen MR) is 106 cm³/mol. The second-order valence-electron chi connectivity index (χ2n) is 8.09. The van der Waals surface area contributed by atoms with Crippen LogP contribution in [-0.4, -0.2) is 57.7 Å². The average Bonchev–Trinajstić information content (AvgIpc) is 3.24. The highest BCUT2D eigenvalue weighted by Gasteiger charge is 2.30. The number of halogens is 1. The number of carbonyl (C=O) groups excluding carboxylic acids is 1. The first-order chi connectivity index (χ1) is 12.5. The van der Waals surface area contributed by atoms with Crippen LogP contribution in [0.1, 0.15) is 56.8 Å². The maximum absolute atomic E-state index is 13.2. The molecule has 1 aromatic rings. The summed E-state index contributed by atoms with van der Waals surface area (Å²) in [5.74, 6) is 0.205. The maximum atomic E-state index is 13.2. The van der Waals surface area contributed by atoms with Crippen molar-refractivity contribution in [3.8, 4) is 0 Å². The minimum Gasteiger partial charge on any atom is -0.339 e. The van der Waals surface area contributed by atoms with E-state index >= 15 is 0 Å². The molecular formula is C20H33ClN4O. The zero-order chi connectivity index (χ0) is 18.7. The van der Waals surface area contributed by atoms with Crippen LogP contribution in [0.5, 0.6) is 0 Å². The quantitative estimate of drug-likeness (QED) is 0.756. The third kappa shape index (κ3) is 4.42. The number of amides is 1. The van der Waals surface area contributed by atoms with Gasteiger partial charge in [0.15, 0.2) is 0 Å².